The number of fused-ring (bicyclic) bond motifs is 1. The summed E-state index contributed by atoms with van der Waals surface area (Å²) in [7, 11) is -3.79. The van der Waals surface area contributed by atoms with E-state index >= 15 is 0 Å². The molecular weight excluding hydrogens is 559 g/mol. The molecule has 1 saturated heterocycles. The summed E-state index contributed by atoms with van der Waals surface area (Å²) in [6.45, 7) is 6.90. The fourth-order valence-electron chi connectivity index (χ4n) is 3.91. The minimum Gasteiger partial charge on any atom is -0.450 e. The molecule has 1 aromatic heterocycles. The van der Waals surface area contributed by atoms with Crippen LogP contribution in [0.5, 0.6) is 0 Å². The van der Waals surface area contributed by atoms with Crippen molar-refractivity contribution in [2.45, 2.75) is 18.4 Å². The normalized spacial score (nSPS) is 15.2. The van der Waals surface area contributed by atoms with E-state index in [-0.39, 0.29) is 43.2 Å². The number of carbonyl (C=O) groups is 2. The fraction of sp³-hybridized carbons (Fsp3) is 0.292. The van der Waals surface area contributed by atoms with Gasteiger partial charge in [0.05, 0.1) is 26.7 Å². The zero-order chi connectivity index (χ0) is 26.7. The van der Waals surface area contributed by atoms with Gasteiger partial charge in [-0.25, -0.2) is 13.2 Å². The number of amides is 2. The number of sulfonamides is 1. The summed E-state index contributed by atoms with van der Waals surface area (Å²) in [6, 6.07) is 9.01. The van der Waals surface area contributed by atoms with Crippen LogP contribution in [0.1, 0.15) is 17.3 Å². The summed E-state index contributed by atoms with van der Waals surface area (Å²) in [4.78, 5) is 31.0. The maximum absolute atomic E-state index is 13.1. The van der Waals surface area contributed by atoms with Crippen LogP contribution in [0, 0.1) is 0 Å². The molecule has 0 unspecified atom stereocenters. The van der Waals surface area contributed by atoms with Gasteiger partial charge in [0, 0.05) is 43.3 Å². The standard InChI is InChI=1S/C24H24Cl2N4O5S2/c1-3-9-30-21-19(26)14-17(25)15-20(21)36-23(30)27-22(31)16-5-7-18(8-6-16)37(33,34)29-12-10-28(11-13-29)24(32)35-4-2/h3,5-8,14-15H,1,4,9-13H2,2H3. The van der Waals surface area contributed by atoms with Crippen LogP contribution in [0.2, 0.25) is 10.0 Å². The van der Waals surface area contributed by atoms with Crippen molar-refractivity contribution in [2.24, 2.45) is 4.99 Å². The SMILES string of the molecule is C=CCn1c(=NC(=O)c2ccc(S(=O)(=O)N3CCN(C(=O)OCC)CC3)cc2)sc2cc(Cl)cc(Cl)c21. The van der Waals surface area contributed by atoms with E-state index in [1.54, 1.807) is 29.7 Å². The molecule has 13 heteroatoms. The molecule has 4 rings (SSSR count). The lowest BCUT2D eigenvalue weighted by atomic mass is 10.2. The molecule has 0 spiro atoms. The number of nitrogens with zero attached hydrogens (tertiary/aromatic N) is 4. The first kappa shape index (κ1) is 27.3. The Morgan fingerprint density at radius 3 is 2.43 bits per heavy atom. The summed E-state index contributed by atoms with van der Waals surface area (Å²) in [5.74, 6) is -0.529. The zero-order valence-electron chi connectivity index (χ0n) is 19.9. The Morgan fingerprint density at radius 1 is 1.14 bits per heavy atom. The molecule has 2 amide bonds. The predicted molar refractivity (Wildman–Crippen MR) is 144 cm³/mol. The molecule has 1 fully saturated rings. The number of piperazine rings is 1. The molecule has 1 aliphatic rings. The summed E-state index contributed by atoms with van der Waals surface area (Å²) in [6.07, 6.45) is 1.22. The molecule has 0 aliphatic carbocycles. The van der Waals surface area contributed by atoms with Crippen molar-refractivity contribution in [1.29, 1.82) is 0 Å². The van der Waals surface area contributed by atoms with Gasteiger partial charge >= 0.3 is 6.09 Å². The minimum absolute atomic E-state index is 0.0543. The van der Waals surface area contributed by atoms with Gasteiger partial charge in [-0.2, -0.15) is 9.30 Å². The number of hydrogen-bond acceptors (Lipinski definition) is 6. The van der Waals surface area contributed by atoms with Crippen molar-refractivity contribution in [1.82, 2.24) is 13.8 Å². The smallest absolute Gasteiger partial charge is 0.409 e. The molecule has 1 aliphatic heterocycles. The molecule has 0 atom stereocenters. The highest BCUT2D eigenvalue weighted by molar-refractivity contribution is 7.89. The van der Waals surface area contributed by atoms with Crippen LogP contribution < -0.4 is 4.80 Å². The van der Waals surface area contributed by atoms with E-state index in [0.29, 0.717) is 26.9 Å². The van der Waals surface area contributed by atoms with E-state index < -0.39 is 22.0 Å². The first-order valence-corrected chi connectivity index (χ1v) is 14.4. The third-order valence-electron chi connectivity index (χ3n) is 5.71. The van der Waals surface area contributed by atoms with Gasteiger partial charge in [0.25, 0.3) is 5.91 Å². The topological polar surface area (TPSA) is 101 Å². The quantitative estimate of drug-likeness (QED) is 0.401. The maximum Gasteiger partial charge on any atom is 0.409 e. The third-order valence-corrected chi connectivity index (χ3v) is 9.15. The van der Waals surface area contributed by atoms with E-state index in [4.69, 9.17) is 27.9 Å². The van der Waals surface area contributed by atoms with Gasteiger partial charge in [0.1, 0.15) is 0 Å². The average molecular weight is 584 g/mol. The lowest BCUT2D eigenvalue weighted by molar-refractivity contribution is 0.0933. The molecule has 0 N–H and O–H groups in total. The Labute approximate surface area is 228 Å². The van der Waals surface area contributed by atoms with Gasteiger partial charge in [0.2, 0.25) is 10.0 Å². The zero-order valence-corrected chi connectivity index (χ0v) is 23.0. The number of thiazole rings is 1. The Kier molecular flexibility index (Phi) is 8.39. The van der Waals surface area contributed by atoms with Crippen LogP contribution in [0.4, 0.5) is 4.79 Å². The van der Waals surface area contributed by atoms with Gasteiger partial charge in [-0.15, -0.1) is 6.58 Å². The van der Waals surface area contributed by atoms with Gasteiger partial charge in [0.15, 0.2) is 4.80 Å². The number of hydrogen-bond donors (Lipinski definition) is 0. The Hall–Kier alpha value is -2.70. The van der Waals surface area contributed by atoms with Crippen LogP contribution in [-0.4, -0.2) is 67.0 Å². The highest BCUT2D eigenvalue weighted by atomic mass is 35.5. The van der Waals surface area contributed by atoms with Crippen LogP contribution >= 0.6 is 34.5 Å². The largest absolute Gasteiger partial charge is 0.450 e. The van der Waals surface area contributed by atoms with Gasteiger partial charge < -0.3 is 14.2 Å². The summed E-state index contributed by atoms with van der Waals surface area (Å²) < 4.78 is 35.0. The summed E-state index contributed by atoms with van der Waals surface area (Å²) in [5, 5.41) is 0.911. The molecule has 2 heterocycles. The summed E-state index contributed by atoms with van der Waals surface area (Å²) >= 11 is 13.8. The molecule has 9 nitrogen and oxygen atoms in total. The minimum atomic E-state index is -3.79. The van der Waals surface area contributed by atoms with Gasteiger partial charge in [-0.05, 0) is 43.3 Å². The van der Waals surface area contributed by atoms with Crippen LogP contribution in [-0.2, 0) is 21.3 Å². The van der Waals surface area contributed by atoms with Crippen LogP contribution in [0.25, 0.3) is 10.2 Å². The fourth-order valence-corrected chi connectivity index (χ4v) is 7.15. The number of aromatic nitrogens is 1. The number of ether oxygens (including phenoxy) is 1. The first-order valence-electron chi connectivity index (χ1n) is 11.4. The second-order valence-corrected chi connectivity index (χ2v) is 11.8. The maximum atomic E-state index is 13.1. The molecular formula is C24H24Cl2N4O5S2. The number of allylic oxidation sites excluding steroid dienone is 1. The molecule has 196 valence electrons. The van der Waals surface area contributed by atoms with Crippen molar-refractivity contribution in [3.05, 3.63) is 69.5 Å². The number of rotatable bonds is 6. The third kappa shape index (κ3) is 5.75. The predicted octanol–water partition coefficient (Wildman–Crippen LogP) is 4.40. The second kappa shape index (κ2) is 11.4. The van der Waals surface area contributed by atoms with Crippen LogP contribution in [0.3, 0.4) is 0 Å². The first-order chi connectivity index (χ1) is 17.6. The molecule has 2 aromatic carbocycles. The van der Waals surface area contributed by atoms with Crippen molar-refractivity contribution in [2.75, 3.05) is 32.8 Å². The summed E-state index contributed by atoms with van der Waals surface area (Å²) in [5.41, 5.74) is 0.935. The van der Waals surface area contributed by atoms with Crippen molar-refractivity contribution in [3.63, 3.8) is 0 Å². The molecule has 0 radical (unpaired) electrons. The monoisotopic (exact) mass is 582 g/mol. The highest BCUT2D eigenvalue weighted by Gasteiger charge is 2.30. The van der Waals surface area contributed by atoms with Gasteiger partial charge in [-0.1, -0.05) is 40.6 Å². The van der Waals surface area contributed by atoms with Gasteiger partial charge in [-0.3, -0.25) is 4.79 Å². The van der Waals surface area contributed by atoms with E-state index in [0.717, 1.165) is 4.70 Å². The van der Waals surface area contributed by atoms with E-state index in [1.807, 2.05) is 0 Å². The van der Waals surface area contributed by atoms with E-state index in [2.05, 4.69) is 11.6 Å². The van der Waals surface area contributed by atoms with Crippen molar-refractivity contribution < 1.29 is 22.7 Å². The number of halogens is 2. The lowest BCUT2D eigenvalue weighted by Gasteiger charge is -2.33. The Bertz CT molecular complexity index is 1520. The average Bonchev–Trinajstić information content (AvgIpc) is 3.21. The molecule has 37 heavy (non-hydrogen) atoms. The number of benzene rings is 2. The van der Waals surface area contributed by atoms with Crippen molar-refractivity contribution in [3.8, 4) is 0 Å². The molecule has 3 aromatic rings. The molecule has 0 saturated carbocycles. The lowest BCUT2D eigenvalue weighted by Crippen LogP contribution is -2.50. The van der Waals surface area contributed by atoms with Crippen LogP contribution in [0.15, 0.2) is 58.9 Å². The Balaban J connectivity index is 1.55. The number of carbonyl (C=O) groups excluding carboxylic acids is 2. The van der Waals surface area contributed by atoms with E-state index in [9.17, 15) is 18.0 Å². The van der Waals surface area contributed by atoms with E-state index in [1.165, 1.54) is 44.8 Å². The Morgan fingerprint density at radius 2 is 1.81 bits per heavy atom. The molecule has 0 bridgehead atoms. The second-order valence-electron chi connectivity index (χ2n) is 8.05. The highest BCUT2D eigenvalue weighted by Crippen LogP contribution is 2.30. The van der Waals surface area contributed by atoms with Crippen molar-refractivity contribution >= 4 is 66.8 Å².